The third-order valence-corrected chi connectivity index (χ3v) is 5.23. The number of nitrogens with zero attached hydrogens (tertiary/aromatic N) is 4. The van der Waals surface area contributed by atoms with Crippen LogP contribution >= 0.6 is 23.2 Å². The van der Waals surface area contributed by atoms with Crippen molar-refractivity contribution in [2.75, 3.05) is 17.8 Å². The van der Waals surface area contributed by atoms with E-state index >= 15 is 0 Å². The van der Waals surface area contributed by atoms with Crippen LogP contribution in [-0.2, 0) is 4.74 Å². The van der Waals surface area contributed by atoms with E-state index in [0.29, 0.717) is 15.6 Å². The molecular formula is C17H17Cl2N7O5. The Morgan fingerprint density at radius 3 is 2.77 bits per heavy atom. The van der Waals surface area contributed by atoms with Gasteiger partial charge in [0.05, 0.1) is 17.8 Å². The van der Waals surface area contributed by atoms with Gasteiger partial charge in [-0.25, -0.2) is 10.4 Å². The normalized spacial score (nSPS) is 23.8. The number of rotatable bonds is 5. The summed E-state index contributed by atoms with van der Waals surface area (Å²) in [5.41, 5.74) is 8.10. The monoisotopic (exact) mass is 469 g/mol. The zero-order valence-corrected chi connectivity index (χ0v) is 17.1. The predicted molar refractivity (Wildman–Crippen MR) is 113 cm³/mol. The Morgan fingerprint density at radius 1 is 1.32 bits per heavy atom. The minimum Gasteiger partial charge on any atom is -0.394 e. The summed E-state index contributed by atoms with van der Waals surface area (Å²) in [5.74, 6) is -0.219. The van der Waals surface area contributed by atoms with E-state index in [4.69, 9.17) is 33.7 Å². The maximum atomic E-state index is 12.3. The van der Waals surface area contributed by atoms with E-state index in [1.165, 1.54) is 10.8 Å². The fraction of sp³-hybridized carbons (Fsp3) is 0.294. The molecule has 31 heavy (non-hydrogen) atoms. The van der Waals surface area contributed by atoms with E-state index in [1.54, 1.807) is 18.2 Å². The molecule has 1 aromatic carbocycles. The number of nitrogens with two attached hydrogens (primary N) is 1. The Hall–Kier alpha value is -2.74. The highest BCUT2D eigenvalue weighted by atomic mass is 35.5. The van der Waals surface area contributed by atoms with E-state index in [1.807, 2.05) is 0 Å². The number of nitrogen functional groups attached to an aromatic ring is 1. The summed E-state index contributed by atoms with van der Waals surface area (Å²) in [6, 6.07) is 4.83. The number of hydrogen-bond acceptors (Lipinski definition) is 10. The van der Waals surface area contributed by atoms with Crippen molar-refractivity contribution in [1.29, 1.82) is 0 Å². The van der Waals surface area contributed by atoms with E-state index < -0.39 is 36.7 Å². The molecule has 0 saturated carbocycles. The van der Waals surface area contributed by atoms with Gasteiger partial charge in [-0.3, -0.25) is 14.3 Å². The summed E-state index contributed by atoms with van der Waals surface area (Å²) < 4.78 is 6.78. The molecule has 1 fully saturated rings. The Bertz CT molecular complexity index is 1210. The second-order valence-corrected chi connectivity index (χ2v) is 7.54. The summed E-state index contributed by atoms with van der Waals surface area (Å²) in [7, 11) is 0. The molecule has 14 heteroatoms. The number of hydrogen-bond donors (Lipinski definition) is 6. The fourth-order valence-corrected chi connectivity index (χ4v) is 3.64. The standard InChI is InChI=1S/C17H17Cl2N7O5/c18-7-2-1-6(8(19)3-7)4-21-25-17-22-10-13(23-16(20)24-14(10)30)26(17)15-12(29)11(28)9(5-27)31-15/h1-4,9,11-12,15,27-29H,5H2,(H,22,25)(H3,20,23,24,30)/b21-4-/t9-,11+,12+,15-/m1/s1. The Balaban J connectivity index is 1.76. The van der Waals surface area contributed by atoms with Gasteiger partial charge in [0.1, 0.15) is 18.3 Å². The fourth-order valence-electron chi connectivity index (χ4n) is 3.18. The van der Waals surface area contributed by atoms with Gasteiger partial charge >= 0.3 is 0 Å². The third kappa shape index (κ3) is 3.96. The maximum Gasteiger partial charge on any atom is 0.280 e. The maximum absolute atomic E-state index is 12.3. The second-order valence-electron chi connectivity index (χ2n) is 6.69. The molecule has 1 aliphatic heterocycles. The average Bonchev–Trinajstić information content (AvgIpc) is 3.21. The number of anilines is 2. The number of halogens is 2. The minimum atomic E-state index is -1.45. The molecular weight excluding hydrogens is 453 g/mol. The number of nitrogens with one attached hydrogen (secondary N) is 2. The zero-order chi connectivity index (χ0) is 22.3. The first-order chi connectivity index (χ1) is 14.8. The van der Waals surface area contributed by atoms with Crippen molar-refractivity contribution in [2.24, 2.45) is 5.10 Å². The first-order valence-corrected chi connectivity index (χ1v) is 9.70. The molecule has 0 amide bonds. The number of fused-ring (bicyclic) bond motifs is 1. The van der Waals surface area contributed by atoms with Crippen LogP contribution in [0.2, 0.25) is 10.0 Å². The van der Waals surface area contributed by atoms with Crippen LogP contribution in [0.1, 0.15) is 11.8 Å². The molecule has 1 aliphatic rings. The lowest BCUT2D eigenvalue weighted by Gasteiger charge is -2.18. The number of aromatic nitrogens is 4. The van der Waals surface area contributed by atoms with Gasteiger partial charge in [0, 0.05) is 10.6 Å². The van der Waals surface area contributed by atoms with Crippen LogP contribution in [0.25, 0.3) is 11.2 Å². The van der Waals surface area contributed by atoms with E-state index in [-0.39, 0.29) is 23.1 Å². The van der Waals surface area contributed by atoms with Gasteiger partial charge in [-0.05, 0) is 12.1 Å². The Morgan fingerprint density at radius 2 is 2.10 bits per heavy atom. The van der Waals surface area contributed by atoms with Crippen LogP contribution in [-0.4, -0.2) is 66.0 Å². The smallest absolute Gasteiger partial charge is 0.280 e. The number of imidazole rings is 1. The molecule has 0 unspecified atom stereocenters. The van der Waals surface area contributed by atoms with Gasteiger partial charge in [0.25, 0.3) is 5.56 Å². The van der Waals surface area contributed by atoms with Crippen LogP contribution in [0.4, 0.5) is 11.9 Å². The quantitative estimate of drug-likeness (QED) is 0.222. The summed E-state index contributed by atoms with van der Waals surface area (Å²) >= 11 is 12.0. The van der Waals surface area contributed by atoms with Crippen molar-refractivity contribution >= 4 is 52.5 Å². The summed E-state index contributed by atoms with van der Waals surface area (Å²) in [6.45, 7) is -0.534. The first-order valence-electron chi connectivity index (χ1n) is 8.94. The predicted octanol–water partition coefficient (Wildman–Crippen LogP) is 0.0661. The van der Waals surface area contributed by atoms with Gasteiger partial charge in [0.2, 0.25) is 11.9 Å². The highest BCUT2D eigenvalue weighted by Gasteiger charge is 2.45. The molecule has 1 saturated heterocycles. The molecule has 0 radical (unpaired) electrons. The molecule has 4 atom stereocenters. The SMILES string of the molecule is Nc1nc2c(nc(N/N=C\c3ccc(Cl)cc3Cl)n2[C@@H]2O[C@H](CO)[C@H](O)[C@@H]2O)c(=O)[nH]1. The topological polar surface area (TPSA) is 184 Å². The van der Waals surface area contributed by atoms with Crippen molar-refractivity contribution in [2.45, 2.75) is 24.5 Å². The van der Waals surface area contributed by atoms with Crippen LogP contribution < -0.4 is 16.7 Å². The van der Waals surface area contributed by atoms with E-state index in [9.17, 15) is 20.1 Å². The number of aliphatic hydroxyl groups excluding tert-OH is 3. The Labute approximate surface area is 183 Å². The lowest BCUT2D eigenvalue weighted by molar-refractivity contribution is -0.0501. The molecule has 4 rings (SSSR count). The van der Waals surface area contributed by atoms with Crippen LogP contribution in [0, 0.1) is 0 Å². The van der Waals surface area contributed by atoms with Crippen molar-refractivity contribution in [3.05, 3.63) is 44.2 Å². The minimum absolute atomic E-state index is 0.0154. The van der Waals surface area contributed by atoms with Crippen LogP contribution in [0.3, 0.4) is 0 Å². The summed E-state index contributed by atoms with van der Waals surface area (Å²) in [6.07, 6.45) is -3.72. The van der Waals surface area contributed by atoms with Gasteiger partial charge in [-0.2, -0.15) is 10.1 Å². The van der Waals surface area contributed by atoms with Gasteiger partial charge < -0.3 is 25.8 Å². The second kappa shape index (κ2) is 8.42. The van der Waals surface area contributed by atoms with Crippen molar-refractivity contribution in [1.82, 2.24) is 19.5 Å². The van der Waals surface area contributed by atoms with Gasteiger partial charge in [0.15, 0.2) is 17.4 Å². The molecule has 2 aromatic heterocycles. The highest BCUT2D eigenvalue weighted by Crippen LogP contribution is 2.34. The lowest BCUT2D eigenvalue weighted by Crippen LogP contribution is -2.33. The average molecular weight is 470 g/mol. The van der Waals surface area contributed by atoms with E-state index in [0.717, 1.165) is 0 Å². The number of aliphatic hydroxyl groups is 3. The summed E-state index contributed by atoms with van der Waals surface area (Å²) in [4.78, 5) is 22.8. The highest BCUT2D eigenvalue weighted by molar-refractivity contribution is 6.36. The molecule has 164 valence electrons. The zero-order valence-electron chi connectivity index (χ0n) is 15.6. The number of hydrazone groups is 1. The first kappa shape index (κ1) is 21.5. The van der Waals surface area contributed by atoms with Gasteiger partial charge in [-0.1, -0.05) is 29.3 Å². The molecule has 0 aliphatic carbocycles. The molecule has 7 N–H and O–H groups in total. The number of benzene rings is 1. The molecule has 3 aromatic rings. The molecule has 0 bridgehead atoms. The number of H-pyrrole nitrogens is 1. The molecule has 0 spiro atoms. The van der Waals surface area contributed by atoms with Gasteiger partial charge in [-0.15, -0.1) is 0 Å². The third-order valence-electron chi connectivity index (χ3n) is 4.67. The van der Waals surface area contributed by atoms with Crippen molar-refractivity contribution in [3.63, 3.8) is 0 Å². The summed E-state index contributed by atoms with van der Waals surface area (Å²) in [5, 5.41) is 34.8. The Kier molecular flexibility index (Phi) is 5.83. The van der Waals surface area contributed by atoms with E-state index in [2.05, 4.69) is 25.5 Å². The number of ether oxygens (including phenoxy) is 1. The molecule has 3 heterocycles. The van der Waals surface area contributed by atoms with Crippen molar-refractivity contribution in [3.8, 4) is 0 Å². The largest absolute Gasteiger partial charge is 0.394 e. The lowest BCUT2D eigenvalue weighted by atomic mass is 10.1. The van der Waals surface area contributed by atoms with Crippen LogP contribution in [0.15, 0.2) is 28.1 Å². The van der Waals surface area contributed by atoms with Crippen LogP contribution in [0.5, 0.6) is 0 Å². The number of aromatic amines is 1. The molecule has 12 nitrogen and oxygen atoms in total. The van der Waals surface area contributed by atoms with Crippen molar-refractivity contribution < 1.29 is 20.1 Å².